The number of benzene rings is 1. The number of allylic oxidation sites excluding steroid dienone is 1. The molecule has 8 atom stereocenters. The summed E-state index contributed by atoms with van der Waals surface area (Å²) in [5.41, 5.74) is 2.46. The summed E-state index contributed by atoms with van der Waals surface area (Å²) in [5.74, 6) is 5.51. The Morgan fingerprint density at radius 2 is 1.71 bits per heavy atom. The molecule has 228 valence electrons. The van der Waals surface area contributed by atoms with E-state index in [1.54, 1.807) is 5.57 Å². The molecule has 0 amide bonds. The van der Waals surface area contributed by atoms with E-state index in [0.29, 0.717) is 16.6 Å². The maximum Gasteiger partial charge on any atom is 0.337 e. The van der Waals surface area contributed by atoms with Crippen LogP contribution in [0.4, 0.5) is 0 Å². The summed E-state index contributed by atoms with van der Waals surface area (Å²) in [6, 6.07) is 4.07. The molecule has 0 aliphatic heterocycles. The fourth-order valence-corrected chi connectivity index (χ4v) is 13.6. The quantitative estimate of drug-likeness (QED) is 0.107. The van der Waals surface area contributed by atoms with Gasteiger partial charge < -0.3 is 9.47 Å². The Kier molecular flexibility index (Phi) is 10.9. The molecule has 0 aromatic heterocycles. The molecule has 0 N–H and O–H groups in total. The van der Waals surface area contributed by atoms with Gasteiger partial charge in [0.05, 0.1) is 13.2 Å². The number of esters is 1. The number of hydrogen-bond donors (Lipinski definition) is 0. The van der Waals surface area contributed by atoms with E-state index in [9.17, 15) is 4.79 Å². The first-order valence-electron chi connectivity index (χ1n) is 16.1. The Hall–Kier alpha value is 0.580. The summed E-state index contributed by atoms with van der Waals surface area (Å²) in [7, 11) is 0. The summed E-state index contributed by atoms with van der Waals surface area (Å²) in [6.07, 6.45) is 17.1. The molecule has 4 aliphatic rings. The van der Waals surface area contributed by atoms with Crippen LogP contribution in [0.25, 0.3) is 0 Å². The molecule has 0 heterocycles. The summed E-state index contributed by atoms with van der Waals surface area (Å²) < 4.78 is 15.0. The zero-order valence-corrected chi connectivity index (χ0v) is 32.1. The van der Waals surface area contributed by atoms with Gasteiger partial charge in [-0.15, -0.1) is 0 Å². The van der Waals surface area contributed by atoms with E-state index in [2.05, 4.69) is 108 Å². The maximum absolute atomic E-state index is 12.7. The minimum absolute atomic E-state index is 0.0238. The molecule has 0 saturated heterocycles. The molecular formula is C35H49I3O3. The third-order valence-electron chi connectivity index (χ3n) is 11.9. The summed E-state index contributed by atoms with van der Waals surface area (Å²) >= 11 is 6.77. The molecule has 41 heavy (non-hydrogen) atoms. The fourth-order valence-electron chi connectivity index (χ4n) is 9.75. The highest BCUT2D eigenvalue weighted by Crippen LogP contribution is 2.67. The van der Waals surface area contributed by atoms with Crippen molar-refractivity contribution in [3.8, 4) is 5.75 Å². The number of rotatable bonds is 9. The smallest absolute Gasteiger partial charge is 0.337 e. The van der Waals surface area contributed by atoms with Crippen molar-refractivity contribution in [3.63, 3.8) is 0 Å². The van der Waals surface area contributed by atoms with Crippen molar-refractivity contribution in [3.05, 3.63) is 34.5 Å². The van der Waals surface area contributed by atoms with Gasteiger partial charge in [0, 0.05) is 3.57 Å². The van der Waals surface area contributed by atoms with E-state index in [1.165, 1.54) is 57.8 Å². The number of hydrogen-bond acceptors (Lipinski definition) is 3. The molecule has 1 aromatic rings. The van der Waals surface area contributed by atoms with Crippen LogP contribution in [0, 0.1) is 57.0 Å². The summed E-state index contributed by atoms with van der Waals surface area (Å²) in [6.45, 7) is 12.6. The third kappa shape index (κ3) is 6.90. The van der Waals surface area contributed by atoms with Crippen LogP contribution < -0.4 is 4.74 Å². The molecule has 3 fully saturated rings. The summed E-state index contributed by atoms with van der Waals surface area (Å²) in [4.78, 5) is 12.7. The zero-order chi connectivity index (χ0) is 29.5. The highest BCUT2D eigenvalue weighted by Gasteiger charge is 2.59. The van der Waals surface area contributed by atoms with Crippen molar-refractivity contribution in [2.24, 2.45) is 46.3 Å². The van der Waals surface area contributed by atoms with Gasteiger partial charge in [-0.3, -0.25) is 0 Å². The Morgan fingerprint density at radius 1 is 0.976 bits per heavy atom. The van der Waals surface area contributed by atoms with Gasteiger partial charge in [0.2, 0.25) is 0 Å². The van der Waals surface area contributed by atoms with E-state index in [0.717, 1.165) is 59.1 Å². The topological polar surface area (TPSA) is 35.5 Å². The van der Waals surface area contributed by atoms with Gasteiger partial charge in [-0.05, 0) is 178 Å². The monoisotopic (exact) mass is 898 g/mol. The van der Waals surface area contributed by atoms with Gasteiger partial charge in [0.15, 0.2) is 5.75 Å². The molecule has 1 aromatic carbocycles. The maximum atomic E-state index is 12.7. The van der Waals surface area contributed by atoms with Gasteiger partial charge in [0.1, 0.15) is 6.61 Å². The minimum Gasteiger partial charge on any atom is -0.423 e. The molecule has 6 heteroatoms. The summed E-state index contributed by atoms with van der Waals surface area (Å²) in [5, 5.41) is 0. The van der Waals surface area contributed by atoms with Crippen LogP contribution in [0.15, 0.2) is 23.8 Å². The van der Waals surface area contributed by atoms with Crippen LogP contribution in [0.1, 0.15) is 105 Å². The first kappa shape index (κ1) is 33.0. The number of halogens is 3. The molecule has 3 nitrogen and oxygen atoms in total. The highest BCUT2D eigenvalue weighted by molar-refractivity contribution is 14.1. The predicted octanol–water partition coefficient (Wildman–Crippen LogP) is 10.8. The van der Waals surface area contributed by atoms with Crippen LogP contribution in [0.2, 0.25) is 0 Å². The van der Waals surface area contributed by atoms with Crippen LogP contribution in [-0.4, -0.2) is 18.7 Å². The number of fused-ring (bicyclic) bond motifs is 5. The first-order valence-corrected chi connectivity index (χ1v) is 19.3. The minimum atomic E-state index is -0.297. The van der Waals surface area contributed by atoms with Crippen molar-refractivity contribution < 1.29 is 14.3 Å². The number of carbonyl (C=O) groups is 1. The van der Waals surface area contributed by atoms with E-state index in [4.69, 9.17) is 9.47 Å². The molecule has 0 spiro atoms. The van der Waals surface area contributed by atoms with Crippen LogP contribution in [0.3, 0.4) is 0 Å². The van der Waals surface area contributed by atoms with Gasteiger partial charge in [-0.1, -0.05) is 65.5 Å². The molecular weight excluding hydrogens is 849 g/mol. The van der Waals surface area contributed by atoms with Crippen LogP contribution in [0.5, 0.6) is 5.75 Å². The second kappa shape index (κ2) is 13.5. The fraction of sp³-hybridized carbons (Fsp3) is 0.743. The molecule has 0 bridgehead atoms. The average Bonchev–Trinajstić information content (AvgIpc) is 3.26. The number of ether oxygens (including phenoxy) is 2. The average molecular weight is 898 g/mol. The van der Waals surface area contributed by atoms with Gasteiger partial charge in [-0.2, -0.15) is 0 Å². The second-order valence-electron chi connectivity index (χ2n) is 14.6. The second-order valence-corrected chi connectivity index (χ2v) is 18.2. The van der Waals surface area contributed by atoms with E-state index >= 15 is 0 Å². The van der Waals surface area contributed by atoms with Crippen molar-refractivity contribution in [2.75, 3.05) is 6.61 Å². The van der Waals surface area contributed by atoms with Crippen LogP contribution >= 0.6 is 67.8 Å². The van der Waals surface area contributed by atoms with Gasteiger partial charge in [0.25, 0.3) is 0 Å². The van der Waals surface area contributed by atoms with Gasteiger partial charge >= 0.3 is 5.97 Å². The lowest BCUT2D eigenvalue weighted by Gasteiger charge is -2.58. The third-order valence-corrected chi connectivity index (χ3v) is 14.1. The lowest BCUT2D eigenvalue weighted by molar-refractivity contribution is -0.142. The Morgan fingerprint density at radius 3 is 2.41 bits per heavy atom. The lowest BCUT2D eigenvalue weighted by Crippen LogP contribution is -2.51. The molecule has 3 saturated carbocycles. The van der Waals surface area contributed by atoms with Crippen LogP contribution in [-0.2, 0) is 9.53 Å². The SMILES string of the molecule is CC(C)CCC[C@@H](C)[C@H]1CCC2C3CC=C4C[C@@H](OCC(=O)Oc5c(I)cc(I)cc5I)CC[C@]4(C)C3CC[C@@]21C. The van der Waals surface area contributed by atoms with Crippen molar-refractivity contribution in [2.45, 2.75) is 111 Å². The standard InChI is InChI=1S/C35H49I3O3/c1-21(2)7-6-8-22(3)27-11-12-28-26-10-9-23-17-25(13-15-34(23,4)29(26)14-16-35(27,28)5)40-20-32(39)41-33-30(37)18-24(36)19-31(33)38/h9,18-19,21-22,25-29H,6-8,10-17,20H2,1-5H3/t22-,25+,26?,27-,28?,29?,34+,35-/m1/s1. The van der Waals surface area contributed by atoms with E-state index in [-0.39, 0.29) is 18.7 Å². The zero-order valence-electron chi connectivity index (χ0n) is 25.6. The molecule has 0 radical (unpaired) electrons. The Bertz CT molecular complexity index is 1120. The highest BCUT2D eigenvalue weighted by atomic mass is 127. The molecule has 5 rings (SSSR count). The lowest BCUT2D eigenvalue weighted by atomic mass is 9.47. The normalized spacial score (nSPS) is 35.3. The van der Waals surface area contributed by atoms with Gasteiger partial charge in [-0.25, -0.2) is 4.79 Å². The van der Waals surface area contributed by atoms with Crippen molar-refractivity contribution >= 4 is 73.7 Å². The molecule has 4 aliphatic carbocycles. The molecule has 3 unspecified atom stereocenters. The Labute approximate surface area is 289 Å². The number of carbonyl (C=O) groups excluding carboxylic acids is 1. The first-order chi connectivity index (χ1) is 19.4. The van der Waals surface area contributed by atoms with E-state index in [1.807, 2.05) is 12.1 Å². The largest absolute Gasteiger partial charge is 0.423 e. The van der Waals surface area contributed by atoms with Crippen molar-refractivity contribution in [1.29, 1.82) is 0 Å². The Balaban J connectivity index is 1.19. The predicted molar refractivity (Wildman–Crippen MR) is 193 cm³/mol. The van der Waals surface area contributed by atoms with Crippen molar-refractivity contribution in [1.82, 2.24) is 0 Å². The van der Waals surface area contributed by atoms with E-state index < -0.39 is 0 Å².